The van der Waals surface area contributed by atoms with Crippen molar-refractivity contribution in [1.29, 1.82) is 0 Å². The molecule has 0 bridgehead atoms. The van der Waals surface area contributed by atoms with E-state index in [0.29, 0.717) is 13.0 Å². The highest BCUT2D eigenvalue weighted by molar-refractivity contribution is 5.69. The highest BCUT2D eigenvalue weighted by atomic mass is 16.7. The lowest BCUT2D eigenvalue weighted by Crippen LogP contribution is -2.59. The summed E-state index contributed by atoms with van der Waals surface area (Å²) < 4.78 is 22.9. The van der Waals surface area contributed by atoms with Crippen molar-refractivity contribution >= 4 is 5.97 Å². The molecule has 1 saturated heterocycles. The van der Waals surface area contributed by atoms with Crippen LogP contribution in [0.2, 0.25) is 0 Å². The molecule has 0 aliphatic carbocycles. The zero-order chi connectivity index (χ0) is 45.7. The molecular weight excluding hydrogens is 793 g/mol. The van der Waals surface area contributed by atoms with Gasteiger partial charge < -0.3 is 39.4 Å². The summed E-state index contributed by atoms with van der Waals surface area (Å²) in [6, 6.07) is 0. The third-order valence-electron chi connectivity index (χ3n) is 12.0. The largest absolute Gasteiger partial charge is 0.457 e. The Morgan fingerprint density at radius 2 is 0.968 bits per heavy atom. The van der Waals surface area contributed by atoms with E-state index < -0.39 is 43.4 Å². The summed E-state index contributed by atoms with van der Waals surface area (Å²) in [5.41, 5.74) is 0. The first-order valence-electron chi connectivity index (χ1n) is 26.2. The molecule has 9 nitrogen and oxygen atoms in total. The van der Waals surface area contributed by atoms with Gasteiger partial charge in [-0.2, -0.15) is 0 Å². The maximum atomic E-state index is 12.8. The number of ether oxygens (including phenoxy) is 4. The number of allylic oxidation sites excluding steroid dienone is 8. The number of carbonyl (C=O) groups excluding carboxylic acids is 1. The molecule has 0 aromatic carbocycles. The second kappa shape index (κ2) is 45.3. The van der Waals surface area contributed by atoms with Crippen molar-refractivity contribution in [3.8, 4) is 0 Å². The topological polar surface area (TPSA) is 135 Å². The Morgan fingerprint density at radius 1 is 0.524 bits per heavy atom. The van der Waals surface area contributed by atoms with Crippen LogP contribution in [0.3, 0.4) is 0 Å². The summed E-state index contributed by atoms with van der Waals surface area (Å²) in [6.07, 6.45) is 50.0. The molecule has 1 fully saturated rings. The maximum absolute atomic E-state index is 12.8. The second-order valence-corrected chi connectivity index (χ2v) is 17.9. The number of rotatable bonds is 45. The lowest BCUT2D eigenvalue weighted by Gasteiger charge is -2.39. The fourth-order valence-corrected chi connectivity index (χ4v) is 7.96. The molecule has 0 radical (unpaired) electrons. The maximum Gasteiger partial charge on any atom is 0.306 e. The van der Waals surface area contributed by atoms with Gasteiger partial charge in [-0.25, -0.2) is 0 Å². The molecule has 1 aliphatic heterocycles. The molecule has 4 N–H and O–H groups in total. The predicted molar refractivity (Wildman–Crippen MR) is 261 cm³/mol. The lowest BCUT2D eigenvalue weighted by atomic mass is 9.99. The zero-order valence-corrected chi connectivity index (χ0v) is 40.6. The highest BCUT2D eigenvalue weighted by Gasteiger charge is 2.44. The average molecular weight is 891 g/mol. The molecule has 1 aliphatic rings. The van der Waals surface area contributed by atoms with Crippen LogP contribution in [0.4, 0.5) is 0 Å². The van der Waals surface area contributed by atoms with Crippen molar-refractivity contribution in [1.82, 2.24) is 0 Å². The standard InChI is InChI=1S/C54H98O9/c1-3-5-7-9-11-13-15-17-19-21-23-24-25-26-28-30-32-34-36-38-40-42-44-60-46-48(47-61-54-53(59)52(58)51(57)49(45-55)63-54)62-50(56)43-41-39-37-35-33-31-29-27-22-20-18-16-14-12-10-8-6-4-2/h5,7,11,13,17,19,23-24,48-49,51-55,57-59H,3-4,6,8-10,12,14-16,18,20-22,25-47H2,1-2H3/b7-5-,13-11-,19-17-,24-23-. The van der Waals surface area contributed by atoms with Crippen molar-refractivity contribution in [2.24, 2.45) is 0 Å². The molecule has 0 spiro atoms. The van der Waals surface area contributed by atoms with Crippen LogP contribution in [-0.4, -0.2) is 89.6 Å². The molecule has 1 rings (SSSR count). The first-order chi connectivity index (χ1) is 30.9. The number of hydrogen-bond acceptors (Lipinski definition) is 9. The number of unbranched alkanes of at least 4 members (excludes halogenated alkanes) is 26. The van der Waals surface area contributed by atoms with E-state index in [1.165, 1.54) is 141 Å². The Hall–Kier alpha value is -1.85. The fourth-order valence-electron chi connectivity index (χ4n) is 7.96. The van der Waals surface area contributed by atoms with E-state index in [2.05, 4.69) is 62.5 Å². The second-order valence-electron chi connectivity index (χ2n) is 17.9. The number of carbonyl (C=O) groups is 1. The Morgan fingerprint density at radius 3 is 1.46 bits per heavy atom. The van der Waals surface area contributed by atoms with Crippen molar-refractivity contribution in [3.63, 3.8) is 0 Å². The molecule has 0 amide bonds. The average Bonchev–Trinajstić information content (AvgIpc) is 3.28. The van der Waals surface area contributed by atoms with Crippen molar-refractivity contribution in [2.75, 3.05) is 26.4 Å². The van der Waals surface area contributed by atoms with Gasteiger partial charge in [-0.3, -0.25) is 4.79 Å². The minimum Gasteiger partial charge on any atom is -0.457 e. The summed E-state index contributed by atoms with van der Waals surface area (Å²) in [5.74, 6) is -0.313. The molecule has 0 aromatic heterocycles. The normalized spacial score (nSPS) is 20.0. The Balaban J connectivity index is 2.19. The highest BCUT2D eigenvalue weighted by Crippen LogP contribution is 2.23. The minimum atomic E-state index is -1.54. The Kier molecular flexibility index (Phi) is 42.6. The van der Waals surface area contributed by atoms with Gasteiger partial charge in [0.25, 0.3) is 0 Å². The molecule has 6 unspecified atom stereocenters. The molecule has 1 heterocycles. The summed E-state index contributed by atoms with van der Waals surface area (Å²) in [5, 5.41) is 40.3. The summed E-state index contributed by atoms with van der Waals surface area (Å²) >= 11 is 0. The molecule has 0 saturated carbocycles. The number of esters is 1. The summed E-state index contributed by atoms with van der Waals surface area (Å²) in [4.78, 5) is 12.8. The number of aliphatic hydroxyl groups is 4. The van der Waals surface area contributed by atoms with Gasteiger partial charge in [0.2, 0.25) is 0 Å². The lowest BCUT2D eigenvalue weighted by molar-refractivity contribution is -0.305. The van der Waals surface area contributed by atoms with E-state index in [4.69, 9.17) is 18.9 Å². The van der Waals surface area contributed by atoms with Crippen LogP contribution in [0.25, 0.3) is 0 Å². The van der Waals surface area contributed by atoms with Gasteiger partial charge in [-0.1, -0.05) is 217 Å². The number of aliphatic hydroxyl groups excluding tert-OH is 4. The summed E-state index contributed by atoms with van der Waals surface area (Å²) in [7, 11) is 0. The van der Waals surface area contributed by atoms with Crippen LogP contribution >= 0.6 is 0 Å². The fraction of sp³-hybridized carbons (Fsp3) is 0.833. The minimum absolute atomic E-state index is 0.114. The van der Waals surface area contributed by atoms with Crippen LogP contribution in [0.1, 0.15) is 226 Å². The monoisotopic (exact) mass is 891 g/mol. The van der Waals surface area contributed by atoms with Crippen LogP contribution in [0.5, 0.6) is 0 Å². The van der Waals surface area contributed by atoms with Crippen molar-refractivity contribution < 1.29 is 44.2 Å². The Labute approximate surface area is 386 Å². The van der Waals surface area contributed by atoms with Crippen LogP contribution < -0.4 is 0 Å². The zero-order valence-electron chi connectivity index (χ0n) is 40.6. The van der Waals surface area contributed by atoms with E-state index in [0.717, 1.165) is 64.2 Å². The van der Waals surface area contributed by atoms with E-state index in [9.17, 15) is 25.2 Å². The molecule has 63 heavy (non-hydrogen) atoms. The van der Waals surface area contributed by atoms with Gasteiger partial charge in [0, 0.05) is 13.0 Å². The molecule has 9 heteroatoms. The van der Waals surface area contributed by atoms with Gasteiger partial charge in [0.1, 0.15) is 30.5 Å². The predicted octanol–water partition coefficient (Wildman–Crippen LogP) is 12.9. The van der Waals surface area contributed by atoms with E-state index in [1.54, 1.807) is 0 Å². The molecule has 0 aromatic rings. The smallest absolute Gasteiger partial charge is 0.306 e. The number of hydrogen-bond donors (Lipinski definition) is 4. The van der Waals surface area contributed by atoms with Crippen LogP contribution in [0, 0.1) is 0 Å². The van der Waals surface area contributed by atoms with Crippen molar-refractivity contribution in [3.05, 3.63) is 48.6 Å². The van der Waals surface area contributed by atoms with Gasteiger partial charge in [-0.05, 0) is 51.4 Å². The van der Waals surface area contributed by atoms with Gasteiger partial charge in [0.15, 0.2) is 6.29 Å². The first-order valence-corrected chi connectivity index (χ1v) is 26.2. The van der Waals surface area contributed by atoms with E-state index in [-0.39, 0.29) is 19.2 Å². The third-order valence-corrected chi connectivity index (χ3v) is 12.0. The molecule has 6 atom stereocenters. The quantitative estimate of drug-likeness (QED) is 0.0268. The SMILES string of the molecule is CC/C=C\C/C=C\C/C=C\C/C=C\CCCCCCCCCCCOCC(COC1OC(CO)C(O)C(O)C1O)OC(=O)CCCCCCCCCCCCCCCCCCCC. The first kappa shape index (κ1) is 59.2. The van der Waals surface area contributed by atoms with E-state index in [1.807, 2.05) is 0 Å². The van der Waals surface area contributed by atoms with Gasteiger partial charge in [-0.15, -0.1) is 0 Å². The summed E-state index contributed by atoms with van der Waals surface area (Å²) in [6.45, 7) is 4.47. The third kappa shape index (κ3) is 36.0. The Bertz CT molecular complexity index is 1100. The van der Waals surface area contributed by atoms with Gasteiger partial charge in [0.05, 0.1) is 19.8 Å². The molecular formula is C54H98O9. The van der Waals surface area contributed by atoms with Crippen LogP contribution in [0.15, 0.2) is 48.6 Å². The van der Waals surface area contributed by atoms with E-state index >= 15 is 0 Å². The van der Waals surface area contributed by atoms with Gasteiger partial charge >= 0.3 is 5.97 Å². The van der Waals surface area contributed by atoms with Crippen molar-refractivity contribution in [2.45, 2.75) is 263 Å². The molecule has 368 valence electrons. The van der Waals surface area contributed by atoms with Crippen LogP contribution in [-0.2, 0) is 23.7 Å².